The fraction of sp³-hybridized carbons (Fsp3) is 0.348. The Morgan fingerprint density at radius 3 is 2.60 bits per heavy atom. The molecule has 7 heteroatoms. The molecule has 2 aliphatic rings. The zero-order chi connectivity index (χ0) is 21.1. The third-order valence-electron chi connectivity index (χ3n) is 5.20. The second-order valence-electron chi connectivity index (χ2n) is 7.41. The summed E-state index contributed by atoms with van der Waals surface area (Å²) in [5, 5.41) is 3.09. The van der Waals surface area contributed by atoms with Crippen molar-refractivity contribution in [2.24, 2.45) is 4.99 Å². The lowest BCUT2D eigenvalue weighted by molar-refractivity contribution is -0.128. The first kappa shape index (κ1) is 20.5. The number of amides is 2. The van der Waals surface area contributed by atoms with Crippen LogP contribution in [-0.4, -0.2) is 40.3 Å². The lowest BCUT2D eigenvalue weighted by Crippen LogP contribution is -2.35. The van der Waals surface area contributed by atoms with Gasteiger partial charge < -0.3 is 10.1 Å². The minimum atomic E-state index is -0.464. The molecular weight excluding hydrogens is 398 g/mol. The molecule has 156 valence electrons. The molecule has 0 aromatic heterocycles. The van der Waals surface area contributed by atoms with E-state index in [1.807, 2.05) is 24.3 Å². The first-order valence-corrected chi connectivity index (χ1v) is 11.1. The van der Waals surface area contributed by atoms with Crippen molar-refractivity contribution >= 4 is 40.1 Å². The van der Waals surface area contributed by atoms with Crippen LogP contribution in [0.3, 0.4) is 0 Å². The molecule has 1 aliphatic heterocycles. The van der Waals surface area contributed by atoms with E-state index < -0.39 is 5.25 Å². The van der Waals surface area contributed by atoms with E-state index in [2.05, 4.69) is 24.4 Å². The summed E-state index contributed by atoms with van der Waals surface area (Å²) in [4.78, 5) is 32.2. The average molecular weight is 424 g/mol. The Labute approximate surface area is 180 Å². The minimum absolute atomic E-state index is 0.0263. The topological polar surface area (TPSA) is 71.0 Å². The molecule has 4 rings (SSSR count). The standard InChI is InChI=1S/C23H25N3O3S/c1-3-15-8-10-16(11-9-15)24-23-26(17-12-13-17)22(28)20(30-23)14-21(27)25-18-6-4-5-7-19(18)29-2/h4-11,17,20H,3,12-14H2,1-2H3,(H,25,27). The summed E-state index contributed by atoms with van der Waals surface area (Å²) in [7, 11) is 1.56. The molecule has 1 saturated heterocycles. The summed E-state index contributed by atoms with van der Waals surface area (Å²) in [6.07, 6.45) is 3.04. The number of carbonyl (C=O) groups excluding carboxylic acids is 2. The van der Waals surface area contributed by atoms with Gasteiger partial charge in [-0.3, -0.25) is 14.5 Å². The van der Waals surface area contributed by atoms with E-state index in [9.17, 15) is 9.59 Å². The monoisotopic (exact) mass is 423 g/mol. The second kappa shape index (κ2) is 8.92. The number of nitrogens with one attached hydrogen (secondary N) is 1. The molecule has 1 N–H and O–H groups in total. The van der Waals surface area contributed by atoms with Gasteiger partial charge in [-0.2, -0.15) is 0 Å². The SMILES string of the molecule is CCc1ccc(N=C2SC(CC(=O)Nc3ccccc3OC)C(=O)N2C2CC2)cc1. The predicted octanol–water partition coefficient (Wildman–Crippen LogP) is 4.38. The Morgan fingerprint density at radius 2 is 1.93 bits per heavy atom. The number of nitrogens with zero attached hydrogens (tertiary/aromatic N) is 2. The predicted molar refractivity (Wildman–Crippen MR) is 120 cm³/mol. The summed E-state index contributed by atoms with van der Waals surface area (Å²) in [6, 6.07) is 15.5. The van der Waals surface area contributed by atoms with Crippen LogP contribution in [0.1, 0.15) is 31.7 Å². The maximum atomic E-state index is 13.0. The number of ether oxygens (including phenoxy) is 1. The fourth-order valence-electron chi connectivity index (χ4n) is 3.40. The highest BCUT2D eigenvalue weighted by Crippen LogP contribution is 2.39. The number of methoxy groups -OCH3 is 1. The maximum absolute atomic E-state index is 13.0. The molecule has 2 aromatic rings. The zero-order valence-electron chi connectivity index (χ0n) is 17.1. The number of rotatable bonds is 7. The van der Waals surface area contributed by atoms with Gasteiger partial charge in [-0.25, -0.2) is 4.99 Å². The summed E-state index contributed by atoms with van der Waals surface area (Å²) < 4.78 is 5.28. The highest BCUT2D eigenvalue weighted by molar-refractivity contribution is 8.15. The van der Waals surface area contributed by atoms with Crippen LogP contribution >= 0.6 is 11.8 Å². The summed E-state index contributed by atoms with van der Waals surface area (Å²) in [6.45, 7) is 2.11. The largest absolute Gasteiger partial charge is 0.495 e. The van der Waals surface area contributed by atoms with Crippen LogP contribution in [0, 0.1) is 0 Å². The summed E-state index contributed by atoms with van der Waals surface area (Å²) in [5.41, 5.74) is 2.68. The molecule has 1 aliphatic carbocycles. The average Bonchev–Trinajstić information content (AvgIpc) is 3.54. The Kier molecular flexibility index (Phi) is 6.08. The third kappa shape index (κ3) is 4.51. The minimum Gasteiger partial charge on any atom is -0.495 e. The number of aryl methyl sites for hydroxylation is 1. The Balaban J connectivity index is 1.48. The van der Waals surface area contributed by atoms with Crippen molar-refractivity contribution in [3.8, 4) is 5.75 Å². The van der Waals surface area contributed by atoms with Gasteiger partial charge in [-0.15, -0.1) is 0 Å². The van der Waals surface area contributed by atoms with Crippen molar-refractivity contribution in [1.82, 2.24) is 4.90 Å². The van der Waals surface area contributed by atoms with Gasteiger partial charge in [0.2, 0.25) is 11.8 Å². The van der Waals surface area contributed by atoms with Gasteiger partial charge in [-0.1, -0.05) is 43.0 Å². The molecule has 30 heavy (non-hydrogen) atoms. The van der Waals surface area contributed by atoms with Crippen LogP contribution in [-0.2, 0) is 16.0 Å². The molecule has 2 amide bonds. The maximum Gasteiger partial charge on any atom is 0.242 e. The van der Waals surface area contributed by atoms with E-state index in [4.69, 9.17) is 9.73 Å². The number of amidine groups is 1. The highest BCUT2D eigenvalue weighted by atomic mass is 32.2. The van der Waals surface area contributed by atoms with Crippen LogP contribution in [0.5, 0.6) is 5.75 Å². The number of hydrogen-bond donors (Lipinski definition) is 1. The van der Waals surface area contributed by atoms with Crippen molar-refractivity contribution in [1.29, 1.82) is 0 Å². The van der Waals surface area contributed by atoms with Crippen LogP contribution in [0.2, 0.25) is 0 Å². The number of hydrogen-bond acceptors (Lipinski definition) is 5. The van der Waals surface area contributed by atoms with Gasteiger partial charge in [0.15, 0.2) is 5.17 Å². The number of benzene rings is 2. The van der Waals surface area contributed by atoms with E-state index >= 15 is 0 Å². The van der Waals surface area contributed by atoms with Crippen molar-refractivity contribution in [2.75, 3.05) is 12.4 Å². The van der Waals surface area contributed by atoms with E-state index in [0.29, 0.717) is 16.6 Å². The van der Waals surface area contributed by atoms with E-state index in [1.54, 1.807) is 24.1 Å². The molecule has 6 nitrogen and oxygen atoms in total. The first-order valence-electron chi connectivity index (χ1n) is 10.2. The second-order valence-corrected chi connectivity index (χ2v) is 8.58. The van der Waals surface area contributed by atoms with E-state index in [1.165, 1.54) is 17.3 Å². The highest BCUT2D eigenvalue weighted by Gasteiger charge is 2.46. The molecule has 1 atom stereocenters. The Bertz CT molecular complexity index is 970. The van der Waals surface area contributed by atoms with Gasteiger partial charge in [0, 0.05) is 12.5 Å². The molecule has 0 bridgehead atoms. The van der Waals surface area contributed by atoms with Crippen LogP contribution in [0.4, 0.5) is 11.4 Å². The quantitative estimate of drug-likeness (QED) is 0.717. The van der Waals surface area contributed by atoms with Crippen molar-refractivity contribution in [3.05, 3.63) is 54.1 Å². The van der Waals surface area contributed by atoms with E-state index in [-0.39, 0.29) is 24.3 Å². The first-order chi connectivity index (χ1) is 14.6. The Morgan fingerprint density at radius 1 is 1.20 bits per heavy atom. The third-order valence-corrected chi connectivity index (χ3v) is 6.35. The van der Waals surface area contributed by atoms with Crippen molar-refractivity contribution < 1.29 is 14.3 Å². The summed E-state index contributed by atoms with van der Waals surface area (Å²) in [5.74, 6) is 0.352. The number of aliphatic imine (C=N–C) groups is 1. The lowest BCUT2D eigenvalue weighted by atomic mass is 10.2. The van der Waals surface area contributed by atoms with Crippen LogP contribution in [0.25, 0.3) is 0 Å². The fourth-order valence-corrected chi connectivity index (χ4v) is 4.61. The molecular formula is C23H25N3O3S. The Hall–Kier alpha value is -2.80. The number of anilines is 1. The van der Waals surface area contributed by atoms with Gasteiger partial charge in [0.25, 0.3) is 0 Å². The zero-order valence-corrected chi connectivity index (χ0v) is 17.9. The number of carbonyl (C=O) groups is 2. The summed E-state index contributed by atoms with van der Waals surface area (Å²) >= 11 is 1.38. The molecule has 0 spiro atoms. The number of para-hydroxylation sites is 2. The van der Waals surface area contributed by atoms with Gasteiger partial charge in [0.1, 0.15) is 11.0 Å². The molecule has 2 fully saturated rings. The van der Waals surface area contributed by atoms with Gasteiger partial charge in [-0.05, 0) is 49.1 Å². The van der Waals surface area contributed by atoms with Crippen molar-refractivity contribution in [3.63, 3.8) is 0 Å². The van der Waals surface area contributed by atoms with Gasteiger partial charge >= 0.3 is 0 Å². The van der Waals surface area contributed by atoms with Crippen molar-refractivity contribution in [2.45, 2.75) is 43.9 Å². The number of thioether (sulfide) groups is 1. The van der Waals surface area contributed by atoms with E-state index in [0.717, 1.165) is 24.9 Å². The molecule has 0 radical (unpaired) electrons. The van der Waals surface area contributed by atoms with Crippen LogP contribution < -0.4 is 10.1 Å². The molecule has 1 heterocycles. The lowest BCUT2D eigenvalue weighted by Gasteiger charge is -2.15. The molecule has 1 unspecified atom stereocenters. The van der Waals surface area contributed by atoms with Crippen LogP contribution in [0.15, 0.2) is 53.5 Å². The smallest absolute Gasteiger partial charge is 0.242 e. The molecule has 1 saturated carbocycles. The normalized spacial score (nSPS) is 19.9. The molecule has 2 aromatic carbocycles. The van der Waals surface area contributed by atoms with Gasteiger partial charge in [0.05, 0.1) is 18.5 Å².